The van der Waals surface area contributed by atoms with Gasteiger partial charge in [0.15, 0.2) is 0 Å². The van der Waals surface area contributed by atoms with Crippen molar-refractivity contribution in [3.8, 4) is 12.3 Å². The van der Waals surface area contributed by atoms with Crippen molar-refractivity contribution in [1.29, 1.82) is 0 Å². The smallest absolute Gasteiger partial charge is 0.341 e. The second kappa shape index (κ2) is 3.13. The molecule has 1 heterocycles. The summed E-state index contributed by atoms with van der Waals surface area (Å²) in [6, 6.07) is 0. The molecular weight excluding hydrogens is 178 g/mol. The largest absolute Gasteiger partial charge is 0.458 e. The second-order valence-corrected chi connectivity index (χ2v) is 4.44. The number of rotatable bonds is 2. The van der Waals surface area contributed by atoms with E-state index >= 15 is 0 Å². The first kappa shape index (κ1) is 10.8. The number of terminal acetylenes is 1. The number of carbonyl (C=O) groups is 1. The number of ether oxygens (including phenoxy) is 1. The van der Waals surface area contributed by atoms with E-state index in [-0.39, 0.29) is 5.97 Å². The molecule has 0 N–H and O–H groups in total. The summed E-state index contributed by atoms with van der Waals surface area (Å²) in [4.78, 5) is 15.8. The normalized spacial score (nSPS) is 24.9. The lowest BCUT2D eigenvalue weighted by Crippen LogP contribution is -2.37. The third kappa shape index (κ3) is 1.95. The summed E-state index contributed by atoms with van der Waals surface area (Å²) in [5.41, 5.74) is -0.552. The zero-order chi connectivity index (χ0) is 11.0. The fourth-order valence-corrected chi connectivity index (χ4v) is 1.20. The molecule has 0 aliphatic carbocycles. The van der Waals surface area contributed by atoms with E-state index in [1.54, 1.807) is 6.92 Å². The van der Waals surface area contributed by atoms with Gasteiger partial charge in [-0.3, -0.25) is 4.99 Å². The lowest BCUT2D eigenvalue weighted by atomic mass is 10.0. The van der Waals surface area contributed by atoms with Crippen LogP contribution in [0.3, 0.4) is 0 Å². The summed E-state index contributed by atoms with van der Waals surface area (Å²) in [6.45, 7) is 7.27. The van der Waals surface area contributed by atoms with Crippen LogP contribution in [0.5, 0.6) is 0 Å². The van der Waals surface area contributed by atoms with E-state index in [9.17, 15) is 4.79 Å². The van der Waals surface area contributed by atoms with Crippen molar-refractivity contribution in [2.24, 2.45) is 4.99 Å². The molecule has 0 saturated heterocycles. The topological polar surface area (TPSA) is 38.7 Å². The lowest BCUT2D eigenvalue weighted by molar-refractivity contribution is -0.157. The van der Waals surface area contributed by atoms with Gasteiger partial charge in [-0.15, -0.1) is 12.3 Å². The molecule has 0 aromatic heterocycles. The van der Waals surface area contributed by atoms with Gasteiger partial charge in [0, 0.05) is 0 Å². The monoisotopic (exact) mass is 193 g/mol. The molecule has 0 unspecified atom stereocenters. The predicted molar refractivity (Wildman–Crippen MR) is 55.1 cm³/mol. The van der Waals surface area contributed by atoms with E-state index in [2.05, 4.69) is 10.9 Å². The molecular formula is C11H15NO2. The molecule has 3 nitrogen and oxygen atoms in total. The minimum atomic E-state index is -0.831. The van der Waals surface area contributed by atoms with Crippen molar-refractivity contribution in [3.05, 3.63) is 0 Å². The van der Waals surface area contributed by atoms with Crippen molar-refractivity contribution >= 4 is 11.7 Å². The highest BCUT2D eigenvalue weighted by atomic mass is 16.6. The first-order chi connectivity index (χ1) is 6.32. The molecule has 0 spiro atoms. The molecule has 0 amide bonds. The molecule has 0 radical (unpaired) electrons. The van der Waals surface area contributed by atoms with Gasteiger partial charge in [0.1, 0.15) is 5.60 Å². The molecule has 0 aromatic rings. The first-order valence-electron chi connectivity index (χ1n) is 4.56. The number of carbonyl (C=O) groups excluding carboxylic acids is 1. The van der Waals surface area contributed by atoms with Crippen molar-refractivity contribution in [2.45, 2.75) is 45.3 Å². The Hall–Kier alpha value is -1.30. The number of hydrogen-bond acceptors (Lipinski definition) is 3. The Morgan fingerprint density at radius 3 is 2.43 bits per heavy atom. The van der Waals surface area contributed by atoms with Gasteiger partial charge in [-0.25, -0.2) is 4.79 Å². The molecule has 3 heteroatoms. The van der Waals surface area contributed by atoms with Crippen LogP contribution in [0.15, 0.2) is 4.99 Å². The van der Waals surface area contributed by atoms with Crippen LogP contribution < -0.4 is 0 Å². The van der Waals surface area contributed by atoms with E-state index in [1.807, 2.05) is 20.8 Å². The summed E-state index contributed by atoms with van der Waals surface area (Å²) < 4.78 is 5.24. The SMILES string of the molecule is C#CC[C@]1(C(=O)OC(C)(C)C)N=C1C. The quantitative estimate of drug-likeness (QED) is 0.493. The fourth-order valence-electron chi connectivity index (χ4n) is 1.20. The van der Waals surface area contributed by atoms with Gasteiger partial charge in [0.25, 0.3) is 0 Å². The molecule has 0 aromatic carbocycles. The Balaban J connectivity index is 2.66. The van der Waals surface area contributed by atoms with Crippen LogP contribution in [0.4, 0.5) is 0 Å². The Morgan fingerprint density at radius 1 is 1.64 bits per heavy atom. The number of nitrogens with zero attached hydrogens (tertiary/aromatic N) is 1. The molecule has 0 saturated carbocycles. The maximum atomic E-state index is 11.7. The molecule has 1 atom stereocenters. The van der Waals surface area contributed by atoms with Crippen molar-refractivity contribution in [1.82, 2.24) is 0 Å². The van der Waals surface area contributed by atoms with Gasteiger partial charge in [-0.05, 0) is 27.7 Å². The van der Waals surface area contributed by atoms with Crippen LogP contribution in [0.1, 0.15) is 34.1 Å². The summed E-state index contributed by atoms with van der Waals surface area (Å²) >= 11 is 0. The van der Waals surface area contributed by atoms with Gasteiger partial charge in [0.05, 0.1) is 12.1 Å². The van der Waals surface area contributed by atoms with Crippen LogP contribution in [-0.4, -0.2) is 22.8 Å². The average Bonchev–Trinajstić information content (AvgIpc) is 2.60. The zero-order valence-electron chi connectivity index (χ0n) is 9.05. The zero-order valence-corrected chi connectivity index (χ0v) is 9.05. The molecule has 0 fully saturated rings. The van der Waals surface area contributed by atoms with E-state index in [0.29, 0.717) is 6.42 Å². The molecule has 1 aliphatic heterocycles. The van der Waals surface area contributed by atoms with Gasteiger partial charge in [-0.2, -0.15) is 0 Å². The highest BCUT2D eigenvalue weighted by Gasteiger charge is 2.53. The van der Waals surface area contributed by atoms with Crippen molar-refractivity contribution in [3.63, 3.8) is 0 Å². The third-order valence-corrected chi connectivity index (χ3v) is 2.00. The second-order valence-electron chi connectivity index (χ2n) is 4.44. The standard InChI is InChI=1S/C11H15NO2/c1-6-7-11(8(2)12-11)9(13)14-10(3,4)5/h1H,7H2,2-5H3/t11-/m0/s1. The summed E-state index contributed by atoms with van der Waals surface area (Å²) in [5.74, 6) is 2.12. The average molecular weight is 193 g/mol. The number of hydrogen-bond donors (Lipinski definition) is 0. The number of aliphatic imine (C=N–C) groups is 1. The minimum Gasteiger partial charge on any atom is -0.458 e. The predicted octanol–water partition coefficient (Wildman–Crippen LogP) is 1.56. The van der Waals surface area contributed by atoms with Crippen LogP contribution in [0.2, 0.25) is 0 Å². The van der Waals surface area contributed by atoms with Gasteiger partial charge >= 0.3 is 5.97 Å². The Labute approximate surface area is 84.6 Å². The molecule has 76 valence electrons. The maximum absolute atomic E-state index is 11.7. The lowest BCUT2D eigenvalue weighted by Gasteiger charge is -2.22. The van der Waals surface area contributed by atoms with Crippen molar-refractivity contribution in [2.75, 3.05) is 0 Å². The van der Waals surface area contributed by atoms with Crippen LogP contribution in [-0.2, 0) is 9.53 Å². The van der Waals surface area contributed by atoms with E-state index in [4.69, 9.17) is 11.2 Å². The highest BCUT2D eigenvalue weighted by Crippen LogP contribution is 2.34. The first-order valence-corrected chi connectivity index (χ1v) is 4.56. The van der Waals surface area contributed by atoms with E-state index < -0.39 is 11.1 Å². The Morgan fingerprint density at radius 2 is 2.14 bits per heavy atom. The van der Waals surface area contributed by atoms with Crippen molar-refractivity contribution < 1.29 is 9.53 Å². The number of esters is 1. The maximum Gasteiger partial charge on any atom is 0.341 e. The molecule has 14 heavy (non-hydrogen) atoms. The van der Waals surface area contributed by atoms with Crippen LogP contribution >= 0.6 is 0 Å². The Bertz CT molecular complexity index is 330. The molecule has 1 rings (SSSR count). The van der Waals surface area contributed by atoms with Gasteiger partial charge in [0.2, 0.25) is 5.54 Å². The van der Waals surface area contributed by atoms with Crippen LogP contribution in [0, 0.1) is 12.3 Å². The fraction of sp³-hybridized carbons (Fsp3) is 0.636. The van der Waals surface area contributed by atoms with E-state index in [0.717, 1.165) is 5.71 Å². The highest BCUT2D eigenvalue weighted by molar-refractivity contribution is 6.20. The summed E-state index contributed by atoms with van der Waals surface area (Å²) in [7, 11) is 0. The minimum absolute atomic E-state index is 0.299. The third-order valence-electron chi connectivity index (χ3n) is 2.00. The summed E-state index contributed by atoms with van der Waals surface area (Å²) in [5, 5.41) is 0. The van der Waals surface area contributed by atoms with Crippen LogP contribution in [0.25, 0.3) is 0 Å². The van der Waals surface area contributed by atoms with Gasteiger partial charge < -0.3 is 4.74 Å². The molecule has 0 bridgehead atoms. The van der Waals surface area contributed by atoms with Gasteiger partial charge in [-0.1, -0.05) is 0 Å². The summed E-state index contributed by atoms with van der Waals surface area (Å²) in [6.07, 6.45) is 5.49. The molecule has 1 aliphatic rings. The van der Waals surface area contributed by atoms with E-state index in [1.165, 1.54) is 0 Å². The Kier molecular flexibility index (Phi) is 2.41.